The van der Waals surface area contributed by atoms with E-state index in [0.717, 1.165) is 25.7 Å². The fraction of sp³-hybridized carbons (Fsp3) is 0.615. The average Bonchev–Trinajstić information content (AvgIpc) is 2.33. The first kappa shape index (κ1) is 21.4. The minimum absolute atomic E-state index is 0. The molecule has 0 heterocycles. The van der Waals surface area contributed by atoms with Gasteiger partial charge in [0.25, 0.3) is 0 Å². The molecule has 7 heteroatoms. The predicted molar refractivity (Wildman–Crippen MR) is 69.0 cm³/mol. The molecule has 20 heavy (non-hydrogen) atoms. The van der Waals surface area contributed by atoms with Crippen molar-refractivity contribution in [1.29, 1.82) is 0 Å². The van der Waals surface area contributed by atoms with Crippen LogP contribution in [0.2, 0.25) is 0 Å². The largest absolute Gasteiger partial charge is 1.00 e. The van der Waals surface area contributed by atoms with Crippen LogP contribution < -0.4 is 34.7 Å². The Hall–Kier alpha value is -0.850. The number of hydrogen-bond acceptors (Lipinski definition) is 4. The van der Waals surface area contributed by atoms with Gasteiger partial charge in [-0.15, -0.1) is 0 Å². The number of rotatable bonds is 10. The minimum Gasteiger partial charge on any atom is -0.859 e. The summed E-state index contributed by atoms with van der Waals surface area (Å²) in [5.74, 6) is -3.02. The van der Waals surface area contributed by atoms with Crippen LogP contribution in [-0.2, 0) is 9.59 Å². The molecule has 0 aromatic carbocycles. The second-order valence-electron chi connectivity index (χ2n) is 4.15. The number of allylic oxidation sites excluding steroid dienone is 1. The molecule has 6 nitrogen and oxygen atoms in total. The molecule has 0 amide bonds. The number of aliphatic carboxylic acids is 2. The molecule has 108 valence electrons. The molecule has 0 radical (unpaired) electrons. The number of hydrogen-bond donors (Lipinski definition) is 2. The Labute approximate surface area is 140 Å². The van der Waals surface area contributed by atoms with E-state index < -0.39 is 23.9 Å². The van der Waals surface area contributed by atoms with Crippen molar-refractivity contribution in [2.24, 2.45) is 4.99 Å². The Kier molecular flexibility index (Phi) is 14.1. The van der Waals surface area contributed by atoms with Gasteiger partial charge in [0.15, 0.2) is 0 Å². The predicted octanol–water partition coefficient (Wildman–Crippen LogP) is -1.80. The van der Waals surface area contributed by atoms with Crippen LogP contribution in [0.4, 0.5) is 0 Å². The van der Waals surface area contributed by atoms with Crippen LogP contribution in [0.3, 0.4) is 0 Å². The molecule has 0 aliphatic rings. The summed E-state index contributed by atoms with van der Waals surface area (Å²) in [6.07, 6.45) is 6.29. The molecule has 0 aliphatic carbocycles. The number of nitrogens with zero attached hydrogens (tertiary/aromatic N) is 1. The van der Waals surface area contributed by atoms with Crippen molar-refractivity contribution in [2.45, 2.75) is 51.5 Å². The van der Waals surface area contributed by atoms with Crippen molar-refractivity contribution < 1.29 is 54.5 Å². The van der Waals surface area contributed by atoms with Crippen molar-refractivity contribution in [3.8, 4) is 0 Å². The average molecular weight is 293 g/mol. The fourth-order valence-corrected chi connectivity index (χ4v) is 1.40. The monoisotopic (exact) mass is 293 g/mol. The van der Waals surface area contributed by atoms with Gasteiger partial charge in [-0.3, -0.25) is 9.79 Å². The third-order valence-corrected chi connectivity index (χ3v) is 2.43. The molecule has 0 aromatic heterocycles. The van der Waals surface area contributed by atoms with Gasteiger partial charge in [-0.05, 0) is 25.2 Å². The molecule has 0 spiro atoms. The number of carboxylic acids is 2. The van der Waals surface area contributed by atoms with Gasteiger partial charge < -0.3 is 15.3 Å². The maximum absolute atomic E-state index is 11.4. The SMILES string of the molecule is CCCCC/C=C/C([O-])=N[C@@H](CCC(=O)O)C(=O)O.[Na+]. The summed E-state index contributed by atoms with van der Waals surface area (Å²) in [4.78, 5) is 24.6. The first-order chi connectivity index (χ1) is 8.97. The van der Waals surface area contributed by atoms with E-state index in [0.29, 0.717) is 0 Å². The molecular weight excluding hydrogens is 273 g/mol. The van der Waals surface area contributed by atoms with E-state index in [1.165, 1.54) is 6.08 Å². The molecule has 0 saturated carbocycles. The summed E-state index contributed by atoms with van der Waals surface area (Å²) < 4.78 is 0. The molecule has 0 unspecified atom stereocenters. The maximum Gasteiger partial charge on any atom is 1.00 e. The number of carboxylic acid groups (broad SMARTS) is 2. The Morgan fingerprint density at radius 2 is 1.95 bits per heavy atom. The first-order valence-electron chi connectivity index (χ1n) is 6.33. The quantitative estimate of drug-likeness (QED) is 0.214. The molecule has 0 aliphatic heterocycles. The van der Waals surface area contributed by atoms with Crippen LogP contribution in [0.1, 0.15) is 45.4 Å². The van der Waals surface area contributed by atoms with E-state index >= 15 is 0 Å². The first-order valence-corrected chi connectivity index (χ1v) is 6.33. The summed E-state index contributed by atoms with van der Waals surface area (Å²) >= 11 is 0. The summed E-state index contributed by atoms with van der Waals surface area (Å²) in [5.41, 5.74) is 0. The molecular formula is C13H20NNaO5. The van der Waals surface area contributed by atoms with Gasteiger partial charge in [0.2, 0.25) is 0 Å². The molecule has 0 rings (SSSR count). The molecule has 1 atom stereocenters. The standard InChI is InChI=1S/C13H21NO5.Na/c1-2-3-4-5-6-7-11(15)14-10(13(18)19)8-9-12(16)17;/h6-7,10H,2-5,8-9H2,1H3,(H,14,15)(H,16,17)(H,18,19);/q;+1/p-1/b7-6+;/t10-;/m0./s1. The van der Waals surface area contributed by atoms with E-state index in [2.05, 4.69) is 11.9 Å². The van der Waals surface area contributed by atoms with Gasteiger partial charge in [0.05, 0.1) is 0 Å². The maximum atomic E-state index is 11.4. The normalized spacial score (nSPS) is 12.9. The van der Waals surface area contributed by atoms with Crippen molar-refractivity contribution in [1.82, 2.24) is 0 Å². The topological polar surface area (TPSA) is 110 Å². The van der Waals surface area contributed by atoms with Crippen LogP contribution in [0, 0.1) is 0 Å². The van der Waals surface area contributed by atoms with Crippen LogP contribution in [0.15, 0.2) is 17.1 Å². The molecule has 0 bridgehead atoms. The summed E-state index contributed by atoms with van der Waals surface area (Å²) in [5, 5.41) is 28.7. The van der Waals surface area contributed by atoms with Crippen LogP contribution in [0.5, 0.6) is 0 Å². The van der Waals surface area contributed by atoms with Gasteiger partial charge in [0, 0.05) is 6.42 Å². The Bertz CT molecular complexity index is 355. The van der Waals surface area contributed by atoms with E-state index in [-0.39, 0.29) is 42.4 Å². The van der Waals surface area contributed by atoms with Gasteiger partial charge in [0.1, 0.15) is 6.04 Å². The summed E-state index contributed by atoms with van der Waals surface area (Å²) in [6.45, 7) is 2.07. The summed E-state index contributed by atoms with van der Waals surface area (Å²) in [6, 6.07) is -1.29. The second-order valence-corrected chi connectivity index (χ2v) is 4.15. The van der Waals surface area contributed by atoms with Gasteiger partial charge in [-0.1, -0.05) is 31.9 Å². The van der Waals surface area contributed by atoms with Gasteiger partial charge in [-0.2, -0.15) is 0 Å². The second kappa shape index (κ2) is 13.1. The number of carbonyl (C=O) groups is 2. The molecule has 0 fully saturated rings. The van der Waals surface area contributed by atoms with Crippen molar-refractivity contribution in [3.05, 3.63) is 12.2 Å². The molecule has 0 aromatic rings. The Morgan fingerprint density at radius 1 is 1.30 bits per heavy atom. The van der Waals surface area contributed by atoms with Crippen molar-refractivity contribution >= 4 is 17.8 Å². The van der Waals surface area contributed by atoms with E-state index in [1.54, 1.807) is 6.08 Å². The van der Waals surface area contributed by atoms with E-state index in [1.807, 2.05) is 0 Å². The minimum atomic E-state index is -1.29. The zero-order chi connectivity index (χ0) is 14.7. The zero-order valence-electron chi connectivity index (χ0n) is 12.0. The zero-order valence-corrected chi connectivity index (χ0v) is 14.0. The molecule has 0 saturated heterocycles. The third-order valence-electron chi connectivity index (χ3n) is 2.43. The third kappa shape index (κ3) is 12.2. The van der Waals surface area contributed by atoms with Crippen LogP contribution in [-0.4, -0.2) is 34.1 Å². The number of aliphatic imine (C=N–C) groups is 1. The number of unbranched alkanes of at least 4 members (excludes halogenated alkanes) is 3. The van der Waals surface area contributed by atoms with Crippen molar-refractivity contribution in [2.75, 3.05) is 0 Å². The van der Waals surface area contributed by atoms with Crippen molar-refractivity contribution in [3.63, 3.8) is 0 Å². The van der Waals surface area contributed by atoms with E-state index in [9.17, 15) is 14.7 Å². The summed E-state index contributed by atoms with van der Waals surface area (Å²) in [7, 11) is 0. The molecule has 2 N–H and O–H groups in total. The van der Waals surface area contributed by atoms with Gasteiger partial charge >= 0.3 is 41.5 Å². The van der Waals surface area contributed by atoms with E-state index in [4.69, 9.17) is 10.2 Å². The van der Waals surface area contributed by atoms with Gasteiger partial charge in [-0.25, -0.2) is 4.79 Å². The Balaban J connectivity index is 0. The Morgan fingerprint density at radius 3 is 2.45 bits per heavy atom. The smallest absolute Gasteiger partial charge is 0.859 e. The van der Waals surface area contributed by atoms with Crippen LogP contribution >= 0.6 is 0 Å². The van der Waals surface area contributed by atoms with Crippen LogP contribution in [0.25, 0.3) is 0 Å². The fourth-order valence-electron chi connectivity index (χ4n) is 1.40.